The molecule has 0 fully saturated rings. The highest BCUT2D eigenvalue weighted by Crippen LogP contribution is 2.22. The Morgan fingerprint density at radius 3 is 2.84 bits per heavy atom. The molecule has 0 aliphatic heterocycles. The minimum Gasteiger partial charge on any atom is -0.461 e. The van der Waals surface area contributed by atoms with Gasteiger partial charge >= 0.3 is 5.97 Å². The second-order valence-electron chi connectivity index (χ2n) is 4.06. The Labute approximate surface area is 111 Å². The topological polar surface area (TPSA) is 83.0 Å². The molecule has 2 aromatic heterocycles. The minimum absolute atomic E-state index is 0.141. The van der Waals surface area contributed by atoms with Gasteiger partial charge in [0.05, 0.1) is 18.0 Å². The number of aryl methyl sites for hydroxylation is 2. The van der Waals surface area contributed by atoms with Gasteiger partial charge in [0.1, 0.15) is 11.6 Å². The van der Waals surface area contributed by atoms with Gasteiger partial charge in [-0.25, -0.2) is 9.78 Å². The predicted octanol–water partition coefficient (Wildman–Crippen LogP) is 1.64. The van der Waals surface area contributed by atoms with E-state index in [-0.39, 0.29) is 18.1 Å². The molecule has 0 atom stereocenters. The number of nitrogens with zero attached hydrogens (tertiary/aromatic N) is 3. The Bertz CT molecular complexity index is 619. The second-order valence-corrected chi connectivity index (χ2v) is 4.06. The predicted molar refractivity (Wildman–Crippen MR) is 71.2 cm³/mol. The lowest BCUT2D eigenvalue weighted by Gasteiger charge is -2.09. The van der Waals surface area contributed by atoms with Gasteiger partial charge in [-0.3, -0.25) is 9.55 Å². The zero-order valence-electron chi connectivity index (χ0n) is 11.2. The maximum atomic E-state index is 11.8. The van der Waals surface area contributed by atoms with Gasteiger partial charge in [-0.15, -0.1) is 0 Å². The van der Waals surface area contributed by atoms with E-state index in [1.807, 2.05) is 19.1 Å². The van der Waals surface area contributed by atoms with Crippen LogP contribution in [0.25, 0.3) is 5.69 Å². The minimum atomic E-state index is -0.511. The molecule has 2 rings (SSSR count). The van der Waals surface area contributed by atoms with Crippen LogP contribution in [0.4, 0.5) is 5.82 Å². The number of hydrogen-bond acceptors (Lipinski definition) is 5. The van der Waals surface area contributed by atoms with Gasteiger partial charge in [0, 0.05) is 6.20 Å². The molecule has 0 aliphatic rings. The number of aromatic nitrogens is 3. The SMILES string of the molecule is CCOC(=O)c1nc(C)n(-c2cccnc2C)c1N. The average Bonchev–Trinajstić information content (AvgIpc) is 2.66. The van der Waals surface area contributed by atoms with Crippen LogP contribution < -0.4 is 5.73 Å². The average molecular weight is 260 g/mol. The fourth-order valence-electron chi connectivity index (χ4n) is 1.92. The summed E-state index contributed by atoms with van der Waals surface area (Å²) in [7, 11) is 0. The molecule has 0 bridgehead atoms. The van der Waals surface area contributed by atoms with Crippen LogP contribution in [0.15, 0.2) is 18.3 Å². The van der Waals surface area contributed by atoms with Gasteiger partial charge in [0.25, 0.3) is 0 Å². The zero-order valence-corrected chi connectivity index (χ0v) is 11.2. The summed E-state index contributed by atoms with van der Waals surface area (Å²) in [5.74, 6) is 0.382. The molecule has 0 aromatic carbocycles. The number of ether oxygens (including phenoxy) is 1. The number of imidazole rings is 1. The molecule has 2 N–H and O–H groups in total. The van der Waals surface area contributed by atoms with Crippen molar-refractivity contribution < 1.29 is 9.53 Å². The molecule has 0 unspecified atom stereocenters. The molecule has 2 heterocycles. The smallest absolute Gasteiger partial charge is 0.360 e. The summed E-state index contributed by atoms with van der Waals surface area (Å²) in [6, 6.07) is 3.69. The maximum Gasteiger partial charge on any atom is 0.360 e. The maximum absolute atomic E-state index is 11.8. The van der Waals surface area contributed by atoms with Crippen molar-refractivity contribution in [1.29, 1.82) is 0 Å². The molecule has 100 valence electrons. The summed E-state index contributed by atoms with van der Waals surface area (Å²) < 4.78 is 6.64. The number of carbonyl (C=O) groups is 1. The first-order valence-corrected chi connectivity index (χ1v) is 6.00. The van der Waals surface area contributed by atoms with E-state index in [9.17, 15) is 4.79 Å². The van der Waals surface area contributed by atoms with Crippen molar-refractivity contribution in [3.05, 3.63) is 35.5 Å². The molecule has 0 saturated carbocycles. The molecule has 0 aliphatic carbocycles. The Balaban J connectivity index is 2.54. The van der Waals surface area contributed by atoms with Crippen LogP contribution >= 0.6 is 0 Å². The van der Waals surface area contributed by atoms with Gasteiger partial charge in [-0.05, 0) is 32.9 Å². The van der Waals surface area contributed by atoms with Crippen LogP contribution in [0, 0.1) is 13.8 Å². The summed E-state index contributed by atoms with van der Waals surface area (Å²) in [4.78, 5) is 20.1. The summed E-state index contributed by atoms with van der Waals surface area (Å²) in [5, 5.41) is 0. The molecule has 19 heavy (non-hydrogen) atoms. The summed E-state index contributed by atoms with van der Waals surface area (Å²) >= 11 is 0. The van der Waals surface area contributed by atoms with E-state index < -0.39 is 5.97 Å². The van der Waals surface area contributed by atoms with Crippen molar-refractivity contribution in [2.75, 3.05) is 12.3 Å². The quantitative estimate of drug-likeness (QED) is 0.848. The Morgan fingerprint density at radius 1 is 1.47 bits per heavy atom. The van der Waals surface area contributed by atoms with Crippen LogP contribution in [0.5, 0.6) is 0 Å². The van der Waals surface area contributed by atoms with E-state index >= 15 is 0 Å². The van der Waals surface area contributed by atoms with Gasteiger partial charge in [-0.2, -0.15) is 0 Å². The van der Waals surface area contributed by atoms with Crippen molar-refractivity contribution in [3.8, 4) is 5.69 Å². The second kappa shape index (κ2) is 5.09. The molecular weight excluding hydrogens is 244 g/mol. The number of rotatable bonds is 3. The van der Waals surface area contributed by atoms with Crippen molar-refractivity contribution in [1.82, 2.24) is 14.5 Å². The van der Waals surface area contributed by atoms with E-state index in [1.54, 1.807) is 24.6 Å². The Morgan fingerprint density at radius 2 is 2.21 bits per heavy atom. The number of nitrogens with two attached hydrogens (primary N) is 1. The van der Waals surface area contributed by atoms with Crippen molar-refractivity contribution >= 4 is 11.8 Å². The summed E-state index contributed by atoms with van der Waals surface area (Å²) in [6.45, 7) is 5.68. The molecule has 6 nitrogen and oxygen atoms in total. The first-order chi connectivity index (χ1) is 9.06. The van der Waals surface area contributed by atoms with E-state index in [0.29, 0.717) is 5.82 Å². The van der Waals surface area contributed by atoms with Crippen LogP contribution in [-0.2, 0) is 4.74 Å². The molecule has 0 saturated heterocycles. The van der Waals surface area contributed by atoms with Gasteiger partial charge in [0.15, 0.2) is 5.69 Å². The van der Waals surface area contributed by atoms with E-state index in [2.05, 4.69) is 9.97 Å². The van der Waals surface area contributed by atoms with Gasteiger partial charge in [0.2, 0.25) is 0 Å². The van der Waals surface area contributed by atoms with Gasteiger partial charge in [-0.1, -0.05) is 0 Å². The molecule has 6 heteroatoms. The van der Waals surface area contributed by atoms with Crippen LogP contribution in [-0.4, -0.2) is 27.1 Å². The highest BCUT2D eigenvalue weighted by Gasteiger charge is 2.21. The van der Waals surface area contributed by atoms with E-state index in [1.165, 1.54) is 0 Å². The first kappa shape index (κ1) is 13.1. The molecule has 0 radical (unpaired) electrons. The fraction of sp³-hybridized carbons (Fsp3) is 0.308. The Kier molecular flexibility index (Phi) is 3.50. The summed E-state index contributed by atoms with van der Waals surface area (Å²) in [6.07, 6.45) is 1.70. The van der Waals surface area contributed by atoms with E-state index in [0.717, 1.165) is 11.4 Å². The molecular formula is C13H16N4O2. The number of carbonyl (C=O) groups excluding carboxylic acids is 1. The van der Waals surface area contributed by atoms with Crippen molar-refractivity contribution in [3.63, 3.8) is 0 Å². The van der Waals surface area contributed by atoms with E-state index in [4.69, 9.17) is 10.5 Å². The van der Waals surface area contributed by atoms with Gasteiger partial charge < -0.3 is 10.5 Å². The lowest BCUT2D eigenvalue weighted by Crippen LogP contribution is -2.10. The fourth-order valence-corrected chi connectivity index (χ4v) is 1.92. The largest absolute Gasteiger partial charge is 0.461 e. The van der Waals surface area contributed by atoms with Crippen LogP contribution in [0.2, 0.25) is 0 Å². The zero-order chi connectivity index (χ0) is 14.0. The Hall–Kier alpha value is -2.37. The van der Waals surface area contributed by atoms with Crippen LogP contribution in [0.1, 0.15) is 28.9 Å². The first-order valence-electron chi connectivity index (χ1n) is 6.00. The normalized spacial score (nSPS) is 10.5. The highest BCUT2D eigenvalue weighted by molar-refractivity contribution is 5.92. The lowest BCUT2D eigenvalue weighted by molar-refractivity contribution is 0.0521. The highest BCUT2D eigenvalue weighted by atomic mass is 16.5. The monoisotopic (exact) mass is 260 g/mol. The number of esters is 1. The lowest BCUT2D eigenvalue weighted by atomic mass is 10.3. The number of nitrogen functional groups attached to an aromatic ring is 1. The third-order valence-corrected chi connectivity index (χ3v) is 2.77. The molecule has 2 aromatic rings. The number of hydrogen-bond donors (Lipinski definition) is 1. The molecule has 0 amide bonds. The third kappa shape index (κ3) is 2.29. The number of anilines is 1. The summed E-state index contributed by atoms with van der Waals surface area (Å²) in [5.41, 5.74) is 7.77. The molecule has 0 spiro atoms. The third-order valence-electron chi connectivity index (χ3n) is 2.77. The van der Waals surface area contributed by atoms with Crippen molar-refractivity contribution in [2.24, 2.45) is 0 Å². The number of pyridine rings is 1. The van der Waals surface area contributed by atoms with Crippen LogP contribution in [0.3, 0.4) is 0 Å². The standard InChI is InChI=1S/C13H16N4O2/c1-4-19-13(18)11-12(14)17(9(3)16-11)10-6-5-7-15-8(10)2/h5-7H,4,14H2,1-3H3. The van der Waals surface area contributed by atoms with Crippen molar-refractivity contribution in [2.45, 2.75) is 20.8 Å².